The van der Waals surface area contributed by atoms with Crippen LogP contribution < -0.4 is 20.7 Å². The first-order valence-electron chi connectivity index (χ1n) is 16.6. The van der Waals surface area contributed by atoms with Crippen molar-refractivity contribution in [1.29, 1.82) is 0 Å². The molecule has 0 bridgehead atoms. The maximum Gasteiger partial charge on any atom is 0.435 e. The van der Waals surface area contributed by atoms with E-state index in [2.05, 4.69) is 28.0 Å². The van der Waals surface area contributed by atoms with Crippen molar-refractivity contribution in [2.75, 3.05) is 25.0 Å². The van der Waals surface area contributed by atoms with Crippen LogP contribution in [0.4, 0.5) is 18.9 Å². The maximum atomic E-state index is 13.8. The minimum absolute atomic E-state index is 0.162. The summed E-state index contributed by atoms with van der Waals surface area (Å²) in [5.74, 6) is 0.783. The highest BCUT2D eigenvalue weighted by Crippen LogP contribution is 2.33. The fourth-order valence-electron chi connectivity index (χ4n) is 5.43. The quantitative estimate of drug-likeness (QED) is 0.115. The molecule has 3 N–H and O–H groups in total. The van der Waals surface area contributed by atoms with Gasteiger partial charge in [0.05, 0.1) is 18.3 Å². The van der Waals surface area contributed by atoms with Crippen LogP contribution in [-0.4, -0.2) is 41.3 Å². The lowest BCUT2D eigenvalue weighted by molar-refractivity contribution is -0.141. The van der Waals surface area contributed by atoms with Gasteiger partial charge in [-0.15, -0.1) is 0 Å². The van der Waals surface area contributed by atoms with Crippen LogP contribution in [0.5, 0.6) is 5.75 Å². The summed E-state index contributed by atoms with van der Waals surface area (Å²) in [5, 5.41) is 13.0. The largest absolute Gasteiger partial charge is 0.494 e. The Kier molecular flexibility index (Phi) is 10.1. The minimum atomic E-state index is -4.78. The minimum Gasteiger partial charge on any atom is -0.494 e. The van der Waals surface area contributed by atoms with Crippen molar-refractivity contribution in [2.24, 2.45) is 11.8 Å². The number of nitrogens with one attached hydrogen (secondary N) is 3. The number of hydrogen-bond acceptors (Lipinski definition) is 5. The third-order valence-corrected chi connectivity index (χ3v) is 8.60. The first-order chi connectivity index (χ1) is 23.2. The smallest absolute Gasteiger partial charge is 0.435 e. The highest BCUT2D eigenvalue weighted by Gasteiger charge is 2.36. The molecule has 3 aromatic carbocycles. The van der Waals surface area contributed by atoms with E-state index in [9.17, 15) is 22.8 Å². The Morgan fingerprint density at radius 3 is 2.33 bits per heavy atom. The Hall–Kier alpha value is -4.64. The van der Waals surface area contributed by atoms with Gasteiger partial charge in [-0.2, -0.15) is 18.3 Å². The van der Waals surface area contributed by atoms with Crippen LogP contribution in [-0.2, 0) is 6.18 Å². The topological polar surface area (TPSA) is 97.3 Å². The molecule has 1 aromatic heterocycles. The molecule has 2 aliphatic carbocycles. The molecule has 0 saturated heterocycles. The summed E-state index contributed by atoms with van der Waals surface area (Å²) in [5.41, 5.74) is 1.24. The monoisotopic (exact) mass is 659 g/mol. The third-order valence-electron chi connectivity index (χ3n) is 8.60. The molecule has 2 amide bonds. The molecule has 48 heavy (non-hydrogen) atoms. The van der Waals surface area contributed by atoms with E-state index in [1.165, 1.54) is 25.0 Å². The fraction of sp³-hybridized carbons (Fsp3) is 0.378. The molecule has 0 aliphatic heterocycles. The van der Waals surface area contributed by atoms with Gasteiger partial charge >= 0.3 is 6.18 Å². The number of benzene rings is 3. The van der Waals surface area contributed by atoms with E-state index in [4.69, 9.17) is 4.74 Å². The van der Waals surface area contributed by atoms with E-state index in [1.54, 1.807) is 24.3 Å². The zero-order valence-corrected chi connectivity index (χ0v) is 26.9. The molecule has 2 saturated carbocycles. The average molecular weight is 660 g/mol. The van der Waals surface area contributed by atoms with Crippen molar-refractivity contribution in [3.63, 3.8) is 0 Å². The fourth-order valence-corrected chi connectivity index (χ4v) is 5.43. The van der Waals surface area contributed by atoms with Crippen molar-refractivity contribution in [1.82, 2.24) is 20.4 Å². The molecule has 0 radical (unpaired) electrons. The molecular weight excluding hydrogens is 619 g/mol. The van der Waals surface area contributed by atoms with E-state index in [-0.39, 0.29) is 28.9 Å². The predicted molar refractivity (Wildman–Crippen MR) is 177 cm³/mol. The SMILES string of the molecule is CCCCOc1ccc(C(NCC2CC2)c2cccc(NC(=O)c3cc(C(F)(F)F)nn3-c3cccc(C(=O)NCC4CC4)c3)c2)cc1. The normalized spacial score (nSPS) is 15.2. The Morgan fingerprint density at radius 2 is 1.62 bits per heavy atom. The molecule has 2 fully saturated rings. The molecule has 1 atom stereocenters. The van der Waals surface area contributed by atoms with Gasteiger partial charge in [0.2, 0.25) is 0 Å². The third kappa shape index (κ3) is 8.63. The highest BCUT2D eigenvalue weighted by atomic mass is 19.4. The van der Waals surface area contributed by atoms with Crippen LogP contribution in [0.2, 0.25) is 0 Å². The van der Waals surface area contributed by atoms with Crippen molar-refractivity contribution in [2.45, 2.75) is 57.7 Å². The van der Waals surface area contributed by atoms with Crippen molar-refractivity contribution in [3.05, 3.63) is 107 Å². The van der Waals surface area contributed by atoms with E-state index in [1.807, 2.05) is 36.4 Å². The second kappa shape index (κ2) is 14.6. The van der Waals surface area contributed by atoms with Gasteiger partial charge in [-0.05, 0) is 104 Å². The second-order valence-corrected chi connectivity index (χ2v) is 12.7. The number of halogens is 3. The molecule has 1 unspecified atom stereocenters. The molecule has 2 aliphatic rings. The van der Waals surface area contributed by atoms with Crippen LogP contribution in [0.3, 0.4) is 0 Å². The van der Waals surface area contributed by atoms with Crippen molar-refractivity contribution >= 4 is 17.5 Å². The summed E-state index contributed by atoms with van der Waals surface area (Å²) in [6, 6.07) is 21.9. The van der Waals surface area contributed by atoms with Crippen LogP contribution in [0.1, 0.15) is 89.2 Å². The summed E-state index contributed by atoms with van der Waals surface area (Å²) in [4.78, 5) is 26.3. The van der Waals surface area contributed by atoms with Crippen LogP contribution >= 0.6 is 0 Å². The first-order valence-corrected chi connectivity index (χ1v) is 16.6. The van der Waals surface area contributed by atoms with Gasteiger partial charge in [0.1, 0.15) is 11.4 Å². The zero-order chi connectivity index (χ0) is 33.7. The van der Waals surface area contributed by atoms with Gasteiger partial charge < -0.3 is 20.7 Å². The lowest BCUT2D eigenvalue weighted by atomic mass is 9.97. The zero-order valence-electron chi connectivity index (χ0n) is 26.9. The number of anilines is 1. The average Bonchev–Trinajstić information content (AvgIpc) is 4.02. The van der Waals surface area contributed by atoms with Gasteiger partial charge in [0.15, 0.2) is 5.69 Å². The molecular formula is C37H40F3N5O3. The maximum absolute atomic E-state index is 13.8. The summed E-state index contributed by atoms with van der Waals surface area (Å²) >= 11 is 0. The first kappa shape index (κ1) is 33.3. The number of aromatic nitrogens is 2. The van der Waals surface area contributed by atoms with Crippen molar-refractivity contribution in [3.8, 4) is 11.4 Å². The number of unbranched alkanes of at least 4 members (excludes halogenated alkanes) is 1. The number of ether oxygens (including phenoxy) is 1. The summed E-state index contributed by atoms with van der Waals surface area (Å²) in [6.45, 7) is 4.16. The lowest BCUT2D eigenvalue weighted by Gasteiger charge is -2.21. The molecule has 0 spiro atoms. The molecule has 8 nitrogen and oxygen atoms in total. The predicted octanol–water partition coefficient (Wildman–Crippen LogP) is 7.55. The van der Waals surface area contributed by atoms with E-state index in [0.717, 1.165) is 59.9 Å². The van der Waals surface area contributed by atoms with Gasteiger partial charge in [-0.3, -0.25) is 9.59 Å². The highest BCUT2D eigenvalue weighted by molar-refractivity contribution is 6.03. The molecule has 252 valence electrons. The number of nitrogens with zero attached hydrogens (tertiary/aromatic N) is 2. The summed E-state index contributed by atoms with van der Waals surface area (Å²) in [6.07, 6.45) is 1.74. The van der Waals surface area contributed by atoms with Crippen molar-refractivity contribution < 1.29 is 27.5 Å². The van der Waals surface area contributed by atoms with E-state index < -0.39 is 17.8 Å². The summed E-state index contributed by atoms with van der Waals surface area (Å²) in [7, 11) is 0. The number of alkyl halides is 3. The van der Waals surface area contributed by atoms with Crippen LogP contribution in [0.15, 0.2) is 78.9 Å². The number of amides is 2. The van der Waals surface area contributed by atoms with Crippen LogP contribution in [0, 0.1) is 11.8 Å². The van der Waals surface area contributed by atoms with Gasteiger partial charge in [0, 0.05) is 23.9 Å². The number of carbonyl (C=O) groups excluding carboxylic acids is 2. The van der Waals surface area contributed by atoms with Gasteiger partial charge in [0.25, 0.3) is 11.8 Å². The number of hydrogen-bond donors (Lipinski definition) is 3. The second-order valence-electron chi connectivity index (χ2n) is 12.7. The molecule has 1 heterocycles. The molecule has 11 heteroatoms. The van der Waals surface area contributed by atoms with Gasteiger partial charge in [-0.1, -0.05) is 43.7 Å². The van der Waals surface area contributed by atoms with Crippen LogP contribution in [0.25, 0.3) is 5.69 Å². The van der Waals surface area contributed by atoms with E-state index >= 15 is 0 Å². The Labute approximate surface area is 278 Å². The Bertz CT molecular complexity index is 1730. The molecule has 4 aromatic rings. The summed E-state index contributed by atoms with van der Waals surface area (Å²) < 4.78 is 48.3. The molecule has 6 rings (SSSR count). The Morgan fingerprint density at radius 1 is 0.896 bits per heavy atom. The number of rotatable bonds is 15. The van der Waals surface area contributed by atoms with E-state index in [0.29, 0.717) is 30.7 Å². The standard InChI is InChI=1S/C37H40F3N5O3/c1-2-3-18-48-31-16-14-26(15-17-31)34(41-22-24-10-11-24)27-6-4-8-29(19-27)43-36(47)32-21-33(37(38,39)40)44-45(32)30-9-5-7-28(20-30)35(46)42-23-25-12-13-25/h4-9,14-17,19-21,24-25,34,41H,2-3,10-13,18,22-23H2,1H3,(H,42,46)(H,43,47). The lowest BCUT2D eigenvalue weighted by Crippen LogP contribution is -2.25. The number of carbonyl (C=O) groups is 2. The Balaban J connectivity index is 1.24. The van der Waals surface area contributed by atoms with Gasteiger partial charge in [-0.25, -0.2) is 4.68 Å².